The number of ether oxygens (including phenoxy) is 2. The lowest BCUT2D eigenvalue weighted by Crippen LogP contribution is -1.89. The molecule has 3 heteroatoms. The van der Waals surface area contributed by atoms with Crippen molar-refractivity contribution in [3.05, 3.63) is 48.2 Å². The monoisotopic (exact) mass is 225 g/mol. The van der Waals surface area contributed by atoms with Crippen LogP contribution in [0.25, 0.3) is 0 Å². The van der Waals surface area contributed by atoms with Crippen molar-refractivity contribution >= 4 is 0 Å². The minimum atomic E-state index is 0.497. The Kier molecular flexibility index (Phi) is 3.27. The standard InChI is InChI=1S/C14H11NO2/c1-3-11-7-8-14(15-10-11)17-13-6-4-5-12(9-13)16-2/h1,4-10H,2H3. The normalized spacial score (nSPS) is 9.41. The van der Waals surface area contributed by atoms with Gasteiger partial charge >= 0.3 is 0 Å². The molecule has 0 spiro atoms. The Balaban J connectivity index is 2.16. The minimum absolute atomic E-state index is 0.497. The Bertz CT molecular complexity index is 541. The van der Waals surface area contributed by atoms with Gasteiger partial charge in [0.1, 0.15) is 11.5 Å². The highest BCUT2D eigenvalue weighted by molar-refractivity contribution is 5.36. The van der Waals surface area contributed by atoms with E-state index in [2.05, 4.69) is 10.9 Å². The summed E-state index contributed by atoms with van der Waals surface area (Å²) in [5.74, 6) is 4.41. The largest absolute Gasteiger partial charge is 0.497 e. The van der Waals surface area contributed by atoms with Crippen LogP contribution in [0, 0.1) is 12.3 Å². The molecule has 1 aromatic carbocycles. The first-order valence-electron chi connectivity index (χ1n) is 5.06. The summed E-state index contributed by atoms with van der Waals surface area (Å²) in [5, 5.41) is 0. The Morgan fingerprint density at radius 3 is 2.65 bits per heavy atom. The molecular weight excluding hydrogens is 214 g/mol. The van der Waals surface area contributed by atoms with E-state index in [1.807, 2.05) is 18.2 Å². The maximum absolute atomic E-state index is 5.56. The third-order valence-electron chi connectivity index (χ3n) is 2.17. The third-order valence-corrected chi connectivity index (χ3v) is 2.17. The molecule has 3 nitrogen and oxygen atoms in total. The van der Waals surface area contributed by atoms with Crippen LogP contribution in [0.2, 0.25) is 0 Å². The first kappa shape index (κ1) is 11.0. The fourth-order valence-corrected chi connectivity index (χ4v) is 1.31. The van der Waals surface area contributed by atoms with Gasteiger partial charge in [-0.1, -0.05) is 12.0 Å². The second-order valence-corrected chi connectivity index (χ2v) is 3.31. The van der Waals surface area contributed by atoms with Gasteiger partial charge < -0.3 is 9.47 Å². The Labute approximate surface area is 100 Å². The van der Waals surface area contributed by atoms with Gasteiger partial charge in [-0.2, -0.15) is 0 Å². The maximum atomic E-state index is 5.56. The summed E-state index contributed by atoms with van der Waals surface area (Å²) in [6.07, 6.45) is 6.84. The molecule has 0 N–H and O–H groups in total. The predicted molar refractivity (Wildman–Crippen MR) is 65.2 cm³/mol. The first-order chi connectivity index (χ1) is 8.31. The fraction of sp³-hybridized carbons (Fsp3) is 0.0714. The summed E-state index contributed by atoms with van der Waals surface area (Å²) in [4.78, 5) is 4.09. The molecule has 2 aromatic rings. The number of benzene rings is 1. The van der Waals surface area contributed by atoms with Crippen LogP contribution in [-0.4, -0.2) is 12.1 Å². The summed E-state index contributed by atoms with van der Waals surface area (Å²) in [5.41, 5.74) is 0.725. The second-order valence-electron chi connectivity index (χ2n) is 3.31. The molecule has 0 saturated carbocycles. The van der Waals surface area contributed by atoms with Crippen LogP contribution in [-0.2, 0) is 0 Å². The van der Waals surface area contributed by atoms with Crippen molar-refractivity contribution in [1.29, 1.82) is 0 Å². The SMILES string of the molecule is C#Cc1ccc(Oc2cccc(OC)c2)nc1. The molecule has 0 unspecified atom stereocenters. The quantitative estimate of drug-likeness (QED) is 0.753. The van der Waals surface area contributed by atoms with Crippen LogP contribution < -0.4 is 9.47 Å². The average Bonchev–Trinajstić information content (AvgIpc) is 2.40. The average molecular weight is 225 g/mol. The van der Waals surface area contributed by atoms with Crippen LogP contribution in [0.15, 0.2) is 42.6 Å². The van der Waals surface area contributed by atoms with Crippen LogP contribution in [0.3, 0.4) is 0 Å². The van der Waals surface area contributed by atoms with Crippen molar-refractivity contribution in [3.8, 4) is 29.7 Å². The van der Waals surface area contributed by atoms with Gasteiger partial charge in [0, 0.05) is 23.9 Å². The molecule has 0 atom stereocenters. The van der Waals surface area contributed by atoms with E-state index >= 15 is 0 Å². The molecule has 0 radical (unpaired) electrons. The molecule has 0 fully saturated rings. The highest BCUT2D eigenvalue weighted by Gasteiger charge is 2.00. The number of rotatable bonds is 3. The number of hydrogen-bond donors (Lipinski definition) is 0. The van der Waals surface area contributed by atoms with Crippen LogP contribution >= 0.6 is 0 Å². The van der Waals surface area contributed by atoms with Crippen molar-refractivity contribution in [2.45, 2.75) is 0 Å². The first-order valence-corrected chi connectivity index (χ1v) is 5.06. The highest BCUT2D eigenvalue weighted by Crippen LogP contribution is 2.23. The van der Waals surface area contributed by atoms with Gasteiger partial charge in [-0.25, -0.2) is 4.98 Å². The van der Waals surface area contributed by atoms with E-state index in [1.165, 1.54) is 0 Å². The van der Waals surface area contributed by atoms with Crippen molar-refractivity contribution in [2.24, 2.45) is 0 Å². The van der Waals surface area contributed by atoms with Crippen molar-refractivity contribution in [1.82, 2.24) is 4.98 Å². The molecule has 0 saturated heterocycles. The number of methoxy groups -OCH3 is 1. The van der Waals surface area contributed by atoms with Gasteiger partial charge in [-0.15, -0.1) is 6.42 Å². The summed E-state index contributed by atoms with van der Waals surface area (Å²) < 4.78 is 10.7. The van der Waals surface area contributed by atoms with E-state index in [4.69, 9.17) is 15.9 Å². The smallest absolute Gasteiger partial charge is 0.219 e. The zero-order chi connectivity index (χ0) is 12.1. The lowest BCUT2D eigenvalue weighted by Gasteiger charge is -2.06. The molecule has 84 valence electrons. The van der Waals surface area contributed by atoms with Crippen LogP contribution in [0.4, 0.5) is 0 Å². The molecule has 0 aliphatic heterocycles. The molecule has 0 bridgehead atoms. The zero-order valence-corrected chi connectivity index (χ0v) is 9.38. The van der Waals surface area contributed by atoms with E-state index < -0.39 is 0 Å². The Morgan fingerprint density at radius 1 is 1.18 bits per heavy atom. The molecule has 0 amide bonds. The lowest BCUT2D eigenvalue weighted by molar-refractivity contribution is 0.407. The van der Waals surface area contributed by atoms with Gasteiger partial charge in [0.25, 0.3) is 0 Å². The maximum Gasteiger partial charge on any atom is 0.219 e. The van der Waals surface area contributed by atoms with E-state index in [0.29, 0.717) is 11.6 Å². The number of nitrogens with zero attached hydrogens (tertiary/aromatic N) is 1. The minimum Gasteiger partial charge on any atom is -0.497 e. The van der Waals surface area contributed by atoms with Gasteiger partial charge in [-0.05, 0) is 18.2 Å². The molecule has 0 aliphatic carbocycles. The van der Waals surface area contributed by atoms with Gasteiger partial charge in [0.15, 0.2) is 0 Å². The molecule has 1 heterocycles. The van der Waals surface area contributed by atoms with Crippen molar-refractivity contribution in [3.63, 3.8) is 0 Å². The van der Waals surface area contributed by atoms with E-state index in [-0.39, 0.29) is 0 Å². The van der Waals surface area contributed by atoms with Crippen molar-refractivity contribution in [2.75, 3.05) is 7.11 Å². The van der Waals surface area contributed by atoms with Crippen molar-refractivity contribution < 1.29 is 9.47 Å². The van der Waals surface area contributed by atoms with E-state index in [0.717, 1.165) is 11.3 Å². The van der Waals surface area contributed by atoms with E-state index in [1.54, 1.807) is 31.5 Å². The topological polar surface area (TPSA) is 31.4 Å². The number of hydrogen-bond acceptors (Lipinski definition) is 3. The van der Waals surface area contributed by atoms with Gasteiger partial charge in [-0.3, -0.25) is 0 Å². The summed E-state index contributed by atoms with van der Waals surface area (Å²) in [6, 6.07) is 10.8. The molecule has 17 heavy (non-hydrogen) atoms. The van der Waals surface area contributed by atoms with Gasteiger partial charge in [0.05, 0.1) is 7.11 Å². The molecule has 1 aromatic heterocycles. The number of pyridine rings is 1. The third kappa shape index (κ3) is 2.76. The van der Waals surface area contributed by atoms with E-state index in [9.17, 15) is 0 Å². The molecule has 0 aliphatic rings. The molecular formula is C14H11NO2. The summed E-state index contributed by atoms with van der Waals surface area (Å²) in [6.45, 7) is 0. The molecule has 2 rings (SSSR count). The fourth-order valence-electron chi connectivity index (χ4n) is 1.31. The number of aromatic nitrogens is 1. The predicted octanol–water partition coefficient (Wildman–Crippen LogP) is 2.86. The van der Waals surface area contributed by atoms with Crippen LogP contribution in [0.5, 0.6) is 17.4 Å². The summed E-state index contributed by atoms with van der Waals surface area (Å²) in [7, 11) is 1.61. The zero-order valence-electron chi connectivity index (χ0n) is 9.38. The van der Waals surface area contributed by atoms with Gasteiger partial charge in [0.2, 0.25) is 5.88 Å². The van der Waals surface area contributed by atoms with Crippen LogP contribution in [0.1, 0.15) is 5.56 Å². The second kappa shape index (κ2) is 5.04. The Morgan fingerprint density at radius 2 is 2.00 bits per heavy atom. The highest BCUT2D eigenvalue weighted by atomic mass is 16.5. The number of terminal acetylenes is 1. The lowest BCUT2D eigenvalue weighted by atomic mass is 10.3. The summed E-state index contributed by atoms with van der Waals surface area (Å²) >= 11 is 0. The Hall–Kier alpha value is -2.47.